The van der Waals surface area contributed by atoms with Crippen molar-refractivity contribution < 1.29 is 9.59 Å². The predicted molar refractivity (Wildman–Crippen MR) is 134 cm³/mol. The molecule has 0 unspecified atom stereocenters. The van der Waals surface area contributed by atoms with Crippen LogP contribution < -0.4 is 0 Å². The molecule has 1 heterocycles. The van der Waals surface area contributed by atoms with Crippen LogP contribution in [0.15, 0.2) is 53.5 Å². The Bertz CT molecular complexity index is 1070. The lowest BCUT2D eigenvalue weighted by Crippen LogP contribution is -2.50. The van der Waals surface area contributed by atoms with Gasteiger partial charge in [0.05, 0.1) is 5.02 Å². The summed E-state index contributed by atoms with van der Waals surface area (Å²) in [4.78, 5) is 32.3. The molecule has 0 N–H and O–H groups in total. The van der Waals surface area contributed by atoms with Crippen molar-refractivity contribution in [2.24, 2.45) is 16.3 Å². The van der Waals surface area contributed by atoms with E-state index in [9.17, 15) is 9.59 Å². The number of rotatable bonds is 5. The number of Topliss-reactive ketones (excluding diaryl/α,β-unsaturated/α-hetero) is 1. The second-order valence-electron chi connectivity index (χ2n) is 10.5. The number of carbonyl (C=O) groups excluding carboxylic acids is 2. The first-order valence-electron chi connectivity index (χ1n) is 11.9. The maximum Gasteiger partial charge on any atom is 0.274 e. The first-order chi connectivity index (χ1) is 15.6. The summed E-state index contributed by atoms with van der Waals surface area (Å²) in [6, 6.07) is 15.2. The number of aliphatic imine (C=N–C) groups is 1. The van der Waals surface area contributed by atoms with Crippen molar-refractivity contribution >= 4 is 29.0 Å². The van der Waals surface area contributed by atoms with Gasteiger partial charge in [-0.25, -0.2) is 0 Å². The zero-order valence-corrected chi connectivity index (χ0v) is 20.8. The van der Waals surface area contributed by atoms with Gasteiger partial charge in [0.15, 0.2) is 5.78 Å². The van der Waals surface area contributed by atoms with Crippen LogP contribution in [0.1, 0.15) is 74.9 Å². The molecular weight excluding hydrogens is 432 g/mol. The lowest BCUT2D eigenvalue weighted by molar-refractivity contribution is -0.129. The fraction of sp³-hybridized carbons (Fsp3) is 0.464. The van der Waals surface area contributed by atoms with Crippen molar-refractivity contribution in [3.05, 3.63) is 70.2 Å². The Morgan fingerprint density at radius 3 is 2.30 bits per heavy atom. The van der Waals surface area contributed by atoms with Crippen molar-refractivity contribution in [3.63, 3.8) is 0 Å². The number of halogens is 1. The van der Waals surface area contributed by atoms with Crippen LogP contribution in [0.3, 0.4) is 0 Å². The lowest BCUT2D eigenvalue weighted by Gasteiger charge is -2.45. The van der Waals surface area contributed by atoms with Gasteiger partial charge in [-0.3, -0.25) is 14.6 Å². The van der Waals surface area contributed by atoms with Gasteiger partial charge in [-0.1, -0.05) is 74.8 Å². The highest BCUT2D eigenvalue weighted by Gasteiger charge is 2.50. The van der Waals surface area contributed by atoms with Crippen molar-refractivity contribution in [2.45, 2.75) is 65.5 Å². The van der Waals surface area contributed by atoms with Gasteiger partial charge in [0, 0.05) is 17.7 Å². The summed E-state index contributed by atoms with van der Waals surface area (Å²) in [5.74, 6) is 0.653. The average Bonchev–Trinajstić information content (AvgIpc) is 3.03. The molecule has 174 valence electrons. The smallest absolute Gasteiger partial charge is 0.274 e. The van der Waals surface area contributed by atoms with Gasteiger partial charge < -0.3 is 4.90 Å². The molecule has 0 saturated heterocycles. The number of carbonyl (C=O) groups is 2. The summed E-state index contributed by atoms with van der Waals surface area (Å²) in [6.45, 7) is 9.07. The first kappa shape index (κ1) is 23.7. The van der Waals surface area contributed by atoms with Crippen LogP contribution >= 0.6 is 11.6 Å². The number of hydrogen-bond acceptors (Lipinski definition) is 3. The third kappa shape index (κ3) is 4.77. The van der Waals surface area contributed by atoms with Gasteiger partial charge in [0.2, 0.25) is 0 Å². The highest BCUT2D eigenvalue weighted by atomic mass is 35.5. The van der Waals surface area contributed by atoms with Crippen LogP contribution in [-0.2, 0) is 11.2 Å². The molecular formula is C28H33ClN2O2. The molecule has 0 aromatic heterocycles. The molecule has 5 heteroatoms. The van der Waals surface area contributed by atoms with Crippen LogP contribution in [0.2, 0.25) is 5.02 Å². The Morgan fingerprint density at radius 1 is 1.09 bits per heavy atom. The van der Waals surface area contributed by atoms with Gasteiger partial charge in [-0.15, -0.1) is 0 Å². The van der Waals surface area contributed by atoms with Crippen molar-refractivity contribution in [3.8, 4) is 0 Å². The second kappa shape index (κ2) is 9.06. The van der Waals surface area contributed by atoms with E-state index >= 15 is 0 Å². The van der Waals surface area contributed by atoms with Crippen LogP contribution in [0.25, 0.3) is 0 Å². The Labute approximate surface area is 202 Å². The van der Waals surface area contributed by atoms with Crippen LogP contribution in [0.4, 0.5) is 0 Å². The molecule has 1 saturated carbocycles. The summed E-state index contributed by atoms with van der Waals surface area (Å²) < 4.78 is 0. The molecule has 1 aliphatic carbocycles. The standard InChI is InChI=1S/C28H33ClN2O2/c1-19(32)21-11-9-20(10-12-21)15-18-31-26(33)25(23-7-5-6-8-24(23)29)30-28(31)16-13-22(14-17-28)27(2,3)4/h5-12,22H,13-18H2,1-4H3. The van der Waals surface area contributed by atoms with Crippen LogP contribution in [0, 0.1) is 11.3 Å². The third-order valence-corrected chi connectivity index (χ3v) is 7.72. The fourth-order valence-electron chi connectivity index (χ4n) is 5.25. The van der Waals surface area contributed by atoms with E-state index in [-0.39, 0.29) is 17.1 Å². The molecule has 4 rings (SSSR count). The maximum atomic E-state index is 13.7. The predicted octanol–water partition coefficient (Wildman–Crippen LogP) is 6.35. The monoisotopic (exact) mass is 464 g/mol. The van der Waals surface area contributed by atoms with Gasteiger partial charge in [0.1, 0.15) is 11.4 Å². The van der Waals surface area contributed by atoms with Crippen molar-refractivity contribution in [1.29, 1.82) is 0 Å². The van der Waals surface area contributed by atoms with Gasteiger partial charge in [-0.05, 0) is 62.0 Å². The lowest BCUT2D eigenvalue weighted by atomic mass is 9.69. The quantitative estimate of drug-likeness (QED) is 0.484. The van der Waals surface area contributed by atoms with Crippen LogP contribution in [-0.4, -0.2) is 34.5 Å². The fourth-order valence-corrected chi connectivity index (χ4v) is 5.47. The number of nitrogens with zero attached hydrogens (tertiary/aromatic N) is 2. The minimum absolute atomic E-state index is 0.0299. The van der Waals surface area contributed by atoms with Crippen LogP contribution in [0.5, 0.6) is 0 Å². The Morgan fingerprint density at radius 2 is 1.73 bits per heavy atom. The molecule has 1 spiro atoms. The van der Waals surface area contributed by atoms with E-state index in [0.717, 1.165) is 43.2 Å². The molecule has 1 aliphatic heterocycles. The number of hydrogen-bond donors (Lipinski definition) is 0. The van der Waals surface area contributed by atoms with Gasteiger partial charge >= 0.3 is 0 Å². The number of ketones is 1. The zero-order chi connectivity index (χ0) is 23.8. The second-order valence-corrected chi connectivity index (χ2v) is 10.9. The maximum absolute atomic E-state index is 13.7. The molecule has 4 nitrogen and oxygen atoms in total. The Balaban J connectivity index is 1.60. The molecule has 2 aliphatic rings. The van der Waals surface area contributed by atoms with E-state index < -0.39 is 5.66 Å². The molecule has 0 radical (unpaired) electrons. The third-order valence-electron chi connectivity index (χ3n) is 7.39. The summed E-state index contributed by atoms with van der Waals surface area (Å²) in [6.07, 6.45) is 4.58. The Kier molecular flexibility index (Phi) is 6.50. The first-order valence-corrected chi connectivity index (χ1v) is 12.3. The molecule has 0 atom stereocenters. The van der Waals surface area contributed by atoms with E-state index in [2.05, 4.69) is 20.8 Å². The normalized spacial score (nSPS) is 23.2. The highest BCUT2D eigenvalue weighted by molar-refractivity contribution is 6.50. The average molecular weight is 465 g/mol. The number of amides is 1. The summed E-state index contributed by atoms with van der Waals surface area (Å²) in [5, 5.41) is 0.560. The summed E-state index contributed by atoms with van der Waals surface area (Å²) >= 11 is 6.46. The van der Waals surface area contributed by atoms with Crippen molar-refractivity contribution in [1.82, 2.24) is 4.90 Å². The zero-order valence-electron chi connectivity index (χ0n) is 20.0. The van der Waals surface area contributed by atoms with Gasteiger partial charge in [-0.2, -0.15) is 0 Å². The van der Waals surface area contributed by atoms with E-state index in [1.165, 1.54) is 0 Å². The summed E-state index contributed by atoms with van der Waals surface area (Å²) in [5.41, 5.74) is 2.78. The minimum atomic E-state index is -0.493. The Hall–Kier alpha value is -2.46. The number of benzene rings is 2. The van der Waals surface area contributed by atoms with E-state index in [1.54, 1.807) is 6.92 Å². The van der Waals surface area contributed by atoms with E-state index in [1.807, 2.05) is 53.4 Å². The molecule has 2 aromatic rings. The topological polar surface area (TPSA) is 49.7 Å². The van der Waals surface area contributed by atoms with E-state index in [0.29, 0.717) is 28.8 Å². The van der Waals surface area contributed by atoms with Gasteiger partial charge in [0.25, 0.3) is 5.91 Å². The molecule has 33 heavy (non-hydrogen) atoms. The largest absolute Gasteiger partial charge is 0.312 e. The van der Waals surface area contributed by atoms with Crippen molar-refractivity contribution in [2.75, 3.05) is 6.54 Å². The molecule has 1 amide bonds. The summed E-state index contributed by atoms with van der Waals surface area (Å²) in [7, 11) is 0. The van der Waals surface area contributed by atoms with E-state index in [4.69, 9.17) is 16.6 Å². The molecule has 0 bridgehead atoms. The molecule has 2 aromatic carbocycles. The minimum Gasteiger partial charge on any atom is -0.312 e. The highest BCUT2D eigenvalue weighted by Crippen LogP contribution is 2.46. The molecule has 1 fully saturated rings. The SMILES string of the molecule is CC(=O)c1ccc(CCN2C(=O)C(c3ccccc3Cl)=NC23CCC(C(C)(C)C)CC3)cc1.